The zero-order chi connectivity index (χ0) is 19.8. The third kappa shape index (κ3) is 3.18. The number of carbonyl (C=O) groups is 2. The molecule has 0 N–H and O–H groups in total. The summed E-state index contributed by atoms with van der Waals surface area (Å²) in [7, 11) is 1.93. The van der Waals surface area contributed by atoms with E-state index in [0.717, 1.165) is 33.1 Å². The average molecular weight is 393 g/mol. The van der Waals surface area contributed by atoms with Gasteiger partial charge in [-0.1, -0.05) is 30.3 Å². The van der Waals surface area contributed by atoms with Gasteiger partial charge in [-0.05, 0) is 29.5 Å². The number of aryl methyl sites for hydroxylation is 1. The molecule has 2 heterocycles. The standard InChI is InChI=1S/C20H15N3O4S/c1-21-12-14(16-4-2-3-5-17(16)21)10-18-19(24)22(20(25)28-18)11-13-6-8-15(9-7-13)23(26)27/h2-10,12H,11H2,1H3. The molecule has 0 atom stereocenters. The summed E-state index contributed by atoms with van der Waals surface area (Å²) in [5.41, 5.74) is 2.53. The summed E-state index contributed by atoms with van der Waals surface area (Å²) in [4.78, 5) is 36.9. The number of imide groups is 1. The Labute approximate surface area is 164 Å². The molecule has 0 saturated carbocycles. The number of nitro groups is 1. The Bertz CT molecular complexity index is 1150. The van der Waals surface area contributed by atoms with Crippen molar-refractivity contribution in [2.45, 2.75) is 6.54 Å². The number of nitrogens with zero attached hydrogens (tertiary/aromatic N) is 3. The van der Waals surface area contributed by atoms with Gasteiger partial charge in [-0.25, -0.2) is 0 Å². The Balaban J connectivity index is 1.60. The van der Waals surface area contributed by atoms with Crippen molar-refractivity contribution in [2.24, 2.45) is 7.05 Å². The first-order valence-corrected chi connectivity index (χ1v) is 9.28. The van der Waals surface area contributed by atoms with Gasteiger partial charge in [-0.15, -0.1) is 0 Å². The van der Waals surface area contributed by atoms with E-state index in [1.54, 1.807) is 18.2 Å². The number of aromatic nitrogens is 1. The quantitative estimate of drug-likeness (QED) is 0.374. The monoisotopic (exact) mass is 393 g/mol. The highest BCUT2D eigenvalue weighted by Crippen LogP contribution is 2.35. The van der Waals surface area contributed by atoms with Crippen LogP contribution in [0.25, 0.3) is 17.0 Å². The SMILES string of the molecule is Cn1cc(C=C2SC(=O)N(Cc3ccc([N+](=O)[O-])cc3)C2=O)c2ccccc21. The van der Waals surface area contributed by atoms with Crippen molar-refractivity contribution in [3.8, 4) is 0 Å². The summed E-state index contributed by atoms with van der Waals surface area (Å²) in [6.45, 7) is 0.0789. The molecule has 140 valence electrons. The number of hydrogen-bond acceptors (Lipinski definition) is 5. The van der Waals surface area contributed by atoms with Crippen LogP contribution >= 0.6 is 11.8 Å². The normalized spacial score (nSPS) is 15.8. The maximum Gasteiger partial charge on any atom is 0.293 e. The van der Waals surface area contributed by atoms with Crippen LogP contribution in [0.5, 0.6) is 0 Å². The molecule has 0 spiro atoms. The Morgan fingerprint density at radius 2 is 1.82 bits per heavy atom. The summed E-state index contributed by atoms with van der Waals surface area (Å²) < 4.78 is 1.97. The van der Waals surface area contributed by atoms with Crippen molar-refractivity contribution in [2.75, 3.05) is 0 Å². The van der Waals surface area contributed by atoms with Gasteiger partial charge in [0.1, 0.15) is 0 Å². The minimum Gasteiger partial charge on any atom is -0.350 e. The molecule has 1 aromatic heterocycles. The van der Waals surface area contributed by atoms with Gasteiger partial charge >= 0.3 is 0 Å². The van der Waals surface area contributed by atoms with Crippen molar-refractivity contribution in [3.63, 3.8) is 0 Å². The molecule has 28 heavy (non-hydrogen) atoms. The smallest absolute Gasteiger partial charge is 0.293 e. The van der Waals surface area contributed by atoms with Gasteiger partial charge in [-0.3, -0.25) is 24.6 Å². The first kappa shape index (κ1) is 18.0. The van der Waals surface area contributed by atoms with E-state index in [4.69, 9.17) is 0 Å². The zero-order valence-electron chi connectivity index (χ0n) is 14.9. The van der Waals surface area contributed by atoms with Crippen molar-refractivity contribution in [1.29, 1.82) is 0 Å². The molecular weight excluding hydrogens is 378 g/mol. The second-order valence-corrected chi connectivity index (χ2v) is 7.40. The van der Waals surface area contributed by atoms with Crippen LogP contribution < -0.4 is 0 Å². The van der Waals surface area contributed by atoms with Crippen LogP contribution in [0.2, 0.25) is 0 Å². The zero-order valence-corrected chi connectivity index (χ0v) is 15.7. The van der Waals surface area contributed by atoms with Crippen molar-refractivity contribution in [3.05, 3.63) is 80.9 Å². The minimum atomic E-state index is -0.489. The van der Waals surface area contributed by atoms with Crippen LogP contribution in [0.15, 0.2) is 59.6 Å². The van der Waals surface area contributed by atoms with Crippen LogP contribution in [0.4, 0.5) is 10.5 Å². The van der Waals surface area contributed by atoms with Gasteiger partial charge in [0.2, 0.25) is 0 Å². The molecule has 3 aromatic rings. The Morgan fingerprint density at radius 3 is 2.54 bits per heavy atom. The van der Waals surface area contributed by atoms with Crippen molar-refractivity contribution in [1.82, 2.24) is 9.47 Å². The molecule has 0 aliphatic carbocycles. The summed E-state index contributed by atoms with van der Waals surface area (Å²) in [6, 6.07) is 13.7. The molecule has 4 rings (SSSR count). The average Bonchev–Trinajstić information content (AvgIpc) is 3.14. The molecule has 1 aliphatic rings. The lowest BCUT2D eigenvalue weighted by Gasteiger charge is -2.12. The van der Waals surface area contributed by atoms with Crippen molar-refractivity contribution >= 4 is 45.6 Å². The van der Waals surface area contributed by atoms with E-state index >= 15 is 0 Å². The Morgan fingerprint density at radius 1 is 1.11 bits per heavy atom. The Hall–Kier alpha value is -3.39. The first-order chi connectivity index (χ1) is 13.4. The number of hydrogen-bond donors (Lipinski definition) is 0. The first-order valence-electron chi connectivity index (χ1n) is 8.47. The second kappa shape index (κ2) is 6.97. The number of rotatable bonds is 4. The van der Waals surface area contributed by atoms with E-state index in [1.807, 2.05) is 42.1 Å². The molecule has 8 heteroatoms. The van der Waals surface area contributed by atoms with Gasteiger partial charge in [0.25, 0.3) is 16.8 Å². The van der Waals surface area contributed by atoms with Gasteiger partial charge in [0.05, 0.1) is 16.4 Å². The van der Waals surface area contributed by atoms with Crippen LogP contribution in [0.3, 0.4) is 0 Å². The van der Waals surface area contributed by atoms with E-state index < -0.39 is 4.92 Å². The number of nitro benzene ring substituents is 1. The fourth-order valence-corrected chi connectivity index (χ4v) is 4.00. The molecule has 0 unspecified atom stereocenters. The fourth-order valence-electron chi connectivity index (χ4n) is 3.17. The van der Waals surface area contributed by atoms with E-state index in [2.05, 4.69) is 0 Å². The highest BCUT2D eigenvalue weighted by Gasteiger charge is 2.35. The topological polar surface area (TPSA) is 85.4 Å². The number of thioether (sulfide) groups is 1. The molecule has 0 bridgehead atoms. The number of benzene rings is 2. The molecule has 1 aliphatic heterocycles. The molecule has 2 amide bonds. The maximum absolute atomic E-state index is 12.7. The van der Waals surface area contributed by atoms with Gasteiger partial charge in [0.15, 0.2) is 0 Å². The molecular formula is C20H15N3O4S. The third-order valence-corrected chi connectivity index (χ3v) is 5.48. The molecule has 0 radical (unpaired) electrons. The lowest BCUT2D eigenvalue weighted by Crippen LogP contribution is -2.27. The van der Waals surface area contributed by atoms with E-state index in [-0.39, 0.29) is 23.4 Å². The second-order valence-electron chi connectivity index (χ2n) is 6.40. The minimum absolute atomic E-state index is 0.0336. The largest absolute Gasteiger partial charge is 0.350 e. The predicted molar refractivity (Wildman–Crippen MR) is 108 cm³/mol. The number of fused-ring (bicyclic) bond motifs is 1. The third-order valence-electron chi connectivity index (χ3n) is 4.58. The lowest BCUT2D eigenvalue weighted by atomic mass is 10.1. The van der Waals surface area contributed by atoms with Crippen LogP contribution in [0, 0.1) is 10.1 Å². The summed E-state index contributed by atoms with van der Waals surface area (Å²) >= 11 is 0.903. The van der Waals surface area contributed by atoms with Gasteiger partial charge in [0, 0.05) is 41.8 Å². The number of para-hydroxylation sites is 1. The van der Waals surface area contributed by atoms with Gasteiger partial charge in [-0.2, -0.15) is 0 Å². The molecule has 7 nitrogen and oxygen atoms in total. The summed E-state index contributed by atoms with van der Waals surface area (Å²) in [5, 5.41) is 11.4. The number of non-ortho nitro benzene ring substituents is 1. The molecule has 2 aromatic carbocycles. The van der Waals surface area contributed by atoms with E-state index in [9.17, 15) is 19.7 Å². The van der Waals surface area contributed by atoms with Gasteiger partial charge < -0.3 is 4.57 Å². The van der Waals surface area contributed by atoms with Crippen molar-refractivity contribution < 1.29 is 14.5 Å². The van der Waals surface area contributed by atoms with E-state index in [0.29, 0.717) is 10.5 Å². The highest BCUT2D eigenvalue weighted by atomic mass is 32.2. The number of carbonyl (C=O) groups excluding carboxylic acids is 2. The maximum atomic E-state index is 12.7. The van der Waals surface area contributed by atoms with Crippen LogP contribution in [0.1, 0.15) is 11.1 Å². The number of amides is 2. The summed E-state index contributed by atoms with van der Waals surface area (Å²) in [6.07, 6.45) is 3.66. The van der Waals surface area contributed by atoms with Crippen LogP contribution in [-0.2, 0) is 18.4 Å². The van der Waals surface area contributed by atoms with Crippen LogP contribution in [-0.4, -0.2) is 25.5 Å². The fraction of sp³-hybridized carbons (Fsp3) is 0.100. The lowest BCUT2D eigenvalue weighted by molar-refractivity contribution is -0.384. The Kier molecular flexibility index (Phi) is 4.48. The predicted octanol–water partition coefficient (Wildman–Crippen LogP) is 4.32. The molecule has 1 fully saturated rings. The summed E-state index contributed by atoms with van der Waals surface area (Å²) in [5.74, 6) is -0.360. The van der Waals surface area contributed by atoms with E-state index in [1.165, 1.54) is 12.1 Å². The highest BCUT2D eigenvalue weighted by molar-refractivity contribution is 8.18. The molecule has 1 saturated heterocycles.